The molecule has 1 aromatic carbocycles. The second-order valence-electron chi connectivity index (χ2n) is 5.28. The second kappa shape index (κ2) is 11.1. The van der Waals surface area contributed by atoms with E-state index in [0.29, 0.717) is 11.8 Å². The van der Waals surface area contributed by atoms with E-state index in [1.807, 2.05) is 26.0 Å². The first-order valence-electron chi connectivity index (χ1n) is 8.15. The summed E-state index contributed by atoms with van der Waals surface area (Å²) in [5.74, 6) is 1.03. The molecule has 21 heavy (non-hydrogen) atoms. The van der Waals surface area contributed by atoms with Crippen molar-refractivity contribution in [1.82, 2.24) is 0 Å². The molecular formula is C21H32. The smallest absolute Gasteiger partial charge is 0.00580 e. The highest BCUT2D eigenvalue weighted by Crippen LogP contribution is 2.27. The van der Waals surface area contributed by atoms with Crippen LogP contribution in [0.4, 0.5) is 0 Å². The van der Waals surface area contributed by atoms with E-state index in [9.17, 15) is 0 Å². The largest absolute Gasteiger partial charge is 0.0991 e. The minimum absolute atomic E-state index is 0.421. The normalized spacial score (nSPS) is 14.3. The zero-order valence-corrected chi connectivity index (χ0v) is 14.7. The van der Waals surface area contributed by atoms with Gasteiger partial charge in [0.1, 0.15) is 0 Å². The van der Waals surface area contributed by atoms with Crippen molar-refractivity contribution < 1.29 is 0 Å². The summed E-state index contributed by atoms with van der Waals surface area (Å²) in [7, 11) is 0. The molecule has 0 amide bonds. The third kappa shape index (κ3) is 7.13. The van der Waals surface area contributed by atoms with Crippen LogP contribution in [0.25, 0.3) is 0 Å². The molecular weight excluding hydrogens is 252 g/mol. The molecule has 0 saturated heterocycles. The summed E-state index contributed by atoms with van der Waals surface area (Å²) in [6.07, 6.45) is 9.61. The molecule has 0 saturated carbocycles. The monoisotopic (exact) mass is 284 g/mol. The Morgan fingerprint density at radius 1 is 1.24 bits per heavy atom. The van der Waals surface area contributed by atoms with Crippen molar-refractivity contribution in [3.63, 3.8) is 0 Å². The van der Waals surface area contributed by atoms with Gasteiger partial charge in [-0.2, -0.15) is 0 Å². The van der Waals surface area contributed by atoms with Crippen LogP contribution in [-0.2, 0) is 0 Å². The van der Waals surface area contributed by atoms with Crippen molar-refractivity contribution in [3.05, 3.63) is 71.8 Å². The first kappa shape index (κ1) is 19.4. The maximum absolute atomic E-state index is 3.76. The first-order chi connectivity index (χ1) is 10.1. The number of hydrogen-bond acceptors (Lipinski definition) is 0. The fourth-order valence-electron chi connectivity index (χ4n) is 2.10. The standard InChI is InChI=1S/C19H26.C2H6/c1-6-8-11-18(13-15(3)7-2)17(5)19-12-9-10-16(4)14-19;1-2/h6,8-15,17H,1,7H2,2-5H3;1-2H3/b11-8-,18-13+;. The van der Waals surface area contributed by atoms with Crippen molar-refractivity contribution in [2.45, 2.75) is 53.9 Å². The van der Waals surface area contributed by atoms with Gasteiger partial charge in [0.2, 0.25) is 0 Å². The second-order valence-corrected chi connectivity index (χ2v) is 5.28. The maximum Gasteiger partial charge on any atom is 0.00580 e. The molecule has 0 aliphatic rings. The summed E-state index contributed by atoms with van der Waals surface area (Å²) in [6, 6.07) is 8.77. The van der Waals surface area contributed by atoms with Gasteiger partial charge in [-0.25, -0.2) is 0 Å². The number of aryl methyl sites for hydroxylation is 1. The third-order valence-electron chi connectivity index (χ3n) is 3.59. The number of rotatable bonds is 6. The summed E-state index contributed by atoms with van der Waals surface area (Å²) < 4.78 is 0. The SMILES string of the molecule is C=C/C=C\C(=C/C(C)CC)C(C)c1cccc(C)c1.CC. The third-order valence-corrected chi connectivity index (χ3v) is 3.59. The summed E-state index contributed by atoms with van der Waals surface area (Å²) >= 11 is 0. The number of hydrogen-bond donors (Lipinski definition) is 0. The molecule has 0 spiro atoms. The van der Waals surface area contributed by atoms with Crippen LogP contribution in [0.1, 0.15) is 58.1 Å². The minimum Gasteiger partial charge on any atom is -0.0991 e. The molecule has 0 heteroatoms. The van der Waals surface area contributed by atoms with Gasteiger partial charge < -0.3 is 0 Å². The molecule has 0 heterocycles. The topological polar surface area (TPSA) is 0 Å². The molecule has 0 fully saturated rings. The molecule has 2 atom stereocenters. The molecule has 0 aliphatic carbocycles. The molecule has 0 radical (unpaired) electrons. The fourth-order valence-corrected chi connectivity index (χ4v) is 2.10. The van der Waals surface area contributed by atoms with E-state index in [-0.39, 0.29) is 0 Å². The Bertz CT molecular complexity index is 463. The van der Waals surface area contributed by atoms with Crippen LogP contribution in [0.15, 0.2) is 60.7 Å². The zero-order chi connectivity index (χ0) is 16.3. The van der Waals surface area contributed by atoms with E-state index in [1.54, 1.807) is 0 Å². The molecule has 0 N–H and O–H groups in total. The Balaban J connectivity index is 0.00000191. The average molecular weight is 284 g/mol. The highest BCUT2D eigenvalue weighted by Gasteiger charge is 2.10. The van der Waals surface area contributed by atoms with E-state index >= 15 is 0 Å². The summed E-state index contributed by atoms with van der Waals surface area (Å²) in [5.41, 5.74) is 4.07. The predicted molar refractivity (Wildman–Crippen MR) is 97.8 cm³/mol. The van der Waals surface area contributed by atoms with Crippen molar-refractivity contribution in [3.8, 4) is 0 Å². The van der Waals surface area contributed by atoms with Crippen molar-refractivity contribution in [1.29, 1.82) is 0 Å². The lowest BCUT2D eigenvalue weighted by atomic mass is 9.89. The molecule has 0 nitrogen and oxygen atoms in total. The van der Waals surface area contributed by atoms with Gasteiger partial charge in [0.15, 0.2) is 0 Å². The highest BCUT2D eigenvalue weighted by atomic mass is 14.1. The van der Waals surface area contributed by atoms with Gasteiger partial charge in [-0.15, -0.1) is 0 Å². The summed E-state index contributed by atoms with van der Waals surface area (Å²) in [6.45, 7) is 16.7. The van der Waals surface area contributed by atoms with Gasteiger partial charge in [-0.05, 0) is 24.0 Å². The maximum atomic E-state index is 3.76. The number of benzene rings is 1. The van der Waals surface area contributed by atoms with Gasteiger partial charge in [0.05, 0.1) is 0 Å². The van der Waals surface area contributed by atoms with Gasteiger partial charge >= 0.3 is 0 Å². The molecule has 0 bridgehead atoms. The lowest BCUT2D eigenvalue weighted by Gasteiger charge is -2.16. The van der Waals surface area contributed by atoms with Crippen LogP contribution in [0.5, 0.6) is 0 Å². The van der Waals surface area contributed by atoms with Gasteiger partial charge in [0, 0.05) is 5.92 Å². The van der Waals surface area contributed by atoms with Crippen molar-refractivity contribution in [2.24, 2.45) is 5.92 Å². The van der Waals surface area contributed by atoms with Crippen molar-refractivity contribution in [2.75, 3.05) is 0 Å². The molecule has 0 aromatic heterocycles. The van der Waals surface area contributed by atoms with E-state index in [2.05, 4.69) is 70.7 Å². The lowest BCUT2D eigenvalue weighted by Crippen LogP contribution is -1.99. The Hall–Kier alpha value is -1.56. The van der Waals surface area contributed by atoms with Crippen LogP contribution in [0, 0.1) is 12.8 Å². The zero-order valence-electron chi connectivity index (χ0n) is 14.7. The Morgan fingerprint density at radius 3 is 2.43 bits per heavy atom. The van der Waals surface area contributed by atoms with Crippen LogP contribution < -0.4 is 0 Å². The van der Waals surface area contributed by atoms with Gasteiger partial charge in [-0.3, -0.25) is 0 Å². The first-order valence-corrected chi connectivity index (χ1v) is 8.15. The van der Waals surface area contributed by atoms with Crippen LogP contribution in [-0.4, -0.2) is 0 Å². The Morgan fingerprint density at radius 2 is 1.90 bits per heavy atom. The van der Waals surface area contributed by atoms with Crippen LogP contribution >= 0.6 is 0 Å². The summed E-state index contributed by atoms with van der Waals surface area (Å²) in [4.78, 5) is 0. The molecule has 116 valence electrons. The molecule has 1 rings (SSSR count). The van der Waals surface area contributed by atoms with Gasteiger partial charge in [-0.1, -0.05) is 102 Å². The highest BCUT2D eigenvalue weighted by molar-refractivity contribution is 5.37. The Kier molecular flexibility index (Phi) is 10.3. The molecule has 1 aromatic rings. The minimum atomic E-state index is 0.421. The molecule has 2 unspecified atom stereocenters. The van der Waals surface area contributed by atoms with Gasteiger partial charge in [0.25, 0.3) is 0 Å². The van der Waals surface area contributed by atoms with E-state index in [4.69, 9.17) is 0 Å². The quantitative estimate of drug-likeness (QED) is 0.502. The van der Waals surface area contributed by atoms with E-state index in [0.717, 1.165) is 0 Å². The van der Waals surface area contributed by atoms with Crippen LogP contribution in [0.3, 0.4) is 0 Å². The molecule has 0 aliphatic heterocycles. The predicted octanol–water partition coefficient (Wildman–Crippen LogP) is 6.84. The van der Waals surface area contributed by atoms with E-state index < -0.39 is 0 Å². The van der Waals surface area contributed by atoms with E-state index in [1.165, 1.54) is 23.1 Å². The summed E-state index contributed by atoms with van der Waals surface area (Å²) in [5, 5.41) is 0. The van der Waals surface area contributed by atoms with Crippen molar-refractivity contribution >= 4 is 0 Å². The average Bonchev–Trinajstić information content (AvgIpc) is 2.52. The Labute approximate surface area is 132 Å². The van der Waals surface area contributed by atoms with Crippen LogP contribution in [0.2, 0.25) is 0 Å². The fraction of sp³-hybridized carbons (Fsp3) is 0.429. The number of allylic oxidation sites excluding steroid dienone is 5. The lowest BCUT2D eigenvalue weighted by molar-refractivity contribution is 0.687.